The summed E-state index contributed by atoms with van der Waals surface area (Å²) in [6, 6.07) is 0. The summed E-state index contributed by atoms with van der Waals surface area (Å²) in [7, 11) is 0. The van der Waals surface area contributed by atoms with Gasteiger partial charge in [0.05, 0.1) is 5.41 Å². The Hall–Kier alpha value is -0.790. The van der Waals surface area contributed by atoms with Crippen LogP contribution in [-0.2, 0) is 9.90 Å². The Morgan fingerprint density at radius 3 is 2.00 bits per heavy atom. The molecule has 0 aliphatic carbocycles. The van der Waals surface area contributed by atoms with Crippen LogP contribution in [-0.4, -0.2) is 5.97 Å². The molecule has 0 rings (SSSR count). The van der Waals surface area contributed by atoms with Gasteiger partial charge in [-0.25, -0.2) is 9.90 Å². The lowest BCUT2D eigenvalue weighted by Gasteiger charge is -2.08. The van der Waals surface area contributed by atoms with Crippen LogP contribution in [0.3, 0.4) is 0 Å². The van der Waals surface area contributed by atoms with E-state index in [1.165, 1.54) is 19.9 Å². The fourth-order valence-electron chi connectivity index (χ4n) is 0.0833. The van der Waals surface area contributed by atoms with Crippen LogP contribution in [0.2, 0.25) is 0 Å². The average molecular weight is 113 g/mol. The van der Waals surface area contributed by atoms with Crippen LogP contribution in [0.4, 0.5) is 0 Å². The highest BCUT2D eigenvalue weighted by atomic mass is 16.4. The maximum atomic E-state index is 10.1. The van der Waals surface area contributed by atoms with E-state index in [4.69, 9.17) is 0 Å². The molecule has 45 valence electrons. The molecular formula is C6H9O2. The smallest absolute Gasteiger partial charge is 0.246 e. The molecule has 0 aromatic heterocycles. The fraction of sp³-hybridized carbons (Fsp3) is 0.500. The number of carbonyl (C=O) groups excluding carboxylic acids is 1. The predicted molar refractivity (Wildman–Crippen MR) is 29.7 cm³/mol. The molecule has 0 N–H and O–H groups in total. The van der Waals surface area contributed by atoms with E-state index in [1.807, 2.05) is 0 Å². The van der Waals surface area contributed by atoms with Gasteiger partial charge in [0.1, 0.15) is 0 Å². The largest absolute Gasteiger partial charge is 0.364 e. The summed E-state index contributed by atoms with van der Waals surface area (Å²) < 4.78 is 0. The molecule has 0 heterocycles. The Kier molecular flexibility index (Phi) is 1.79. The van der Waals surface area contributed by atoms with E-state index in [1.54, 1.807) is 0 Å². The van der Waals surface area contributed by atoms with Crippen molar-refractivity contribution < 1.29 is 9.90 Å². The lowest BCUT2D eigenvalue weighted by atomic mass is 9.95. The van der Waals surface area contributed by atoms with Gasteiger partial charge in [-0.15, -0.1) is 6.58 Å². The maximum absolute atomic E-state index is 10.1. The SMILES string of the molecule is C=CC(C)(C)C([O])=O. The molecule has 0 aromatic carbocycles. The van der Waals surface area contributed by atoms with Crippen LogP contribution in [0.5, 0.6) is 0 Å². The van der Waals surface area contributed by atoms with Crippen LogP contribution in [0.15, 0.2) is 12.7 Å². The molecule has 2 nitrogen and oxygen atoms in total. The summed E-state index contributed by atoms with van der Waals surface area (Å²) in [5.41, 5.74) is -0.889. The summed E-state index contributed by atoms with van der Waals surface area (Å²) in [5, 5.41) is 10.1. The summed E-state index contributed by atoms with van der Waals surface area (Å²) in [6.07, 6.45) is 1.35. The zero-order valence-corrected chi connectivity index (χ0v) is 5.10. The van der Waals surface area contributed by atoms with Gasteiger partial charge in [-0.2, -0.15) is 0 Å². The number of hydrogen-bond acceptors (Lipinski definition) is 1. The Labute approximate surface area is 48.8 Å². The van der Waals surface area contributed by atoms with Gasteiger partial charge in [-0.3, -0.25) is 0 Å². The molecule has 2 heteroatoms. The third-order valence-electron chi connectivity index (χ3n) is 1.04. The lowest BCUT2D eigenvalue weighted by Crippen LogP contribution is -2.18. The van der Waals surface area contributed by atoms with Crippen LogP contribution >= 0.6 is 0 Å². The molecule has 0 aliphatic rings. The quantitative estimate of drug-likeness (QED) is 0.495. The zero-order chi connectivity index (χ0) is 6.78. The molecule has 1 radical (unpaired) electrons. The van der Waals surface area contributed by atoms with Gasteiger partial charge in [-0.1, -0.05) is 6.08 Å². The molecule has 0 unspecified atom stereocenters. The van der Waals surface area contributed by atoms with E-state index in [0.29, 0.717) is 0 Å². The summed E-state index contributed by atoms with van der Waals surface area (Å²) in [4.78, 5) is 10.1. The van der Waals surface area contributed by atoms with Crippen molar-refractivity contribution in [3.63, 3.8) is 0 Å². The van der Waals surface area contributed by atoms with Gasteiger partial charge in [0.15, 0.2) is 0 Å². The second-order valence-electron chi connectivity index (χ2n) is 2.21. The van der Waals surface area contributed by atoms with Crippen LogP contribution in [0.1, 0.15) is 13.8 Å². The third-order valence-corrected chi connectivity index (χ3v) is 1.04. The van der Waals surface area contributed by atoms with E-state index in [0.717, 1.165) is 0 Å². The minimum atomic E-state index is -1.09. The normalized spacial score (nSPS) is 10.8. The van der Waals surface area contributed by atoms with Crippen LogP contribution < -0.4 is 0 Å². The molecule has 8 heavy (non-hydrogen) atoms. The van der Waals surface area contributed by atoms with Crippen molar-refractivity contribution in [1.82, 2.24) is 0 Å². The first-order chi connectivity index (χ1) is 3.50. The van der Waals surface area contributed by atoms with Gasteiger partial charge in [0.25, 0.3) is 0 Å². The highest BCUT2D eigenvalue weighted by Gasteiger charge is 2.24. The molecule has 0 bridgehead atoms. The molecule has 0 amide bonds. The Morgan fingerprint density at radius 1 is 1.62 bits per heavy atom. The number of rotatable bonds is 2. The maximum Gasteiger partial charge on any atom is 0.364 e. The van der Waals surface area contributed by atoms with Crippen molar-refractivity contribution in [3.05, 3.63) is 12.7 Å². The third kappa shape index (κ3) is 1.37. The standard InChI is InChI=1S/C6H9O2/c1-4-6(2,3)5(7)8/h4H,1H2,2-3H3. The predicted octanol–water partition coefficient (Wildman–Crippen LogP) is 1.16. The molecule has 0 saturated heterocycles. The molecule has 0 aliphatic heterocycles. The molecule has 0 aromatic rings. The van der Waals surface area contributed by atoms with Crippen LogP contribution in [0.25, 0.3) is 0 Å². The Morgan fingerprint density at radius 2 is 2.00 bits per heavy atom. The van der Waals surface area contributed by atoms with Crippen molar-refractivity contribution in [2.45, 2.75) is 13.8 Å². The van der Waals surface area contributed by atoms with Crippen molar-refractivity contribution in [3.8, 4) is 0 Å². The van der Waals surface area contributed by atoms with Crippen molar-refractivity contribution >= 4 is 5.97 Å². The van der Waals surface area contributed by atoms with Gasteiger partial charge < -0.3 is 0 Å². The first kappa shape index (κ1) is 7.21. The van der Waals surface area contributed by atoms with Gasteiger partial charge in [0.2, 0.25) is 0 Å². The molecular weight excluding hydrogens is 104 g/mol. The number of hydrogen-bond donors (Lipinski definition) is 0. The first-order valence-corrected chi connectivity index (χ1v) is 2.36. The van der Waals surface area contributed by atoms with E-state index in [-0.39, 0.29) is 0 Å². The Balaban J connectivity index is 4.12. The van der Waals surface area contributed by atoms with Crippen molar-refractivity contribution in [1.29, 1.82) is 0 Å². The molecule has 0 atom stereocenters. The summed E-state index contributed by atoms with van der Waals surface area (Å²) >= 11 is 0. The van der Waals surface area contributed by atoms with E-state index < -0.39 is 11.4 Å². The van der Waals surface area contributed by atoms with E-state index >= 15 is 0 Å². The minimum absolute atomic E-state index is 0.889. The first-order valence-electron chi connectivity index (χ1n) is 2.36. The zero-order valence-electron chi connectivity index (χ0n) is 5.10. The van der Waals surface area contributed by atoms with Gasteiger partial charge in [0, 0.05) is 0 Å². The Bertz CT molecular complexity index is 114. The van der Waals surface area contributed by atoms with Crippen LogP contribution in [0, 0.1) is 5.41 Å². The monoisotopic (exact) mass is 113 g/mol. The summed E-state index contributed by atoms with van der Waals surface area (Å²) in [5.74, 6) is -1.09. The second-order valence-corrected chi connectivity index (χ2v) is 2.21. The topological polar surface area (TPSA) is 37.0 Å². The van der Waals surface area contributed by atoms with Gasteiger partial charge >= 0.3 is 5.97 Å². The van der Waals surface area contributed by atoms with E-state index in [2.05, 4.69) is 6.58 Å². The minimum Gasteiger partial charge on any atom is -0.246 e. The van der Waals surface area contributed by atoms with E-state index in [9.17, 15) is 9.90 Å². The molecule has 0 saturated carbocycles. The summed E-state index contributed by atoms with van der Waals surface area (Å²) in [6.45, 7) is 6.41. The highest BCUT2D eigenvalue weighted by molar-refractivity contribution is 5.75. The van der Waals surface area contributed by atoms with Crippen molar-refractivity contribution in [2.75, 3.05) is 0 Å². The fourth-order valence-corrected chi connectivity index (χ4v) is 0.0833. The molecule has 0 spiro atoms. The average Bonchev–Trinajstić information content (AvgIpc) is 1.67. The molecule has 0 fully saturated rings. The van der Waals surface area contributed by atoms with Crippen molar-refractivity contribution in [2.24, 2.45) is 5.41 Å². The lowest BCUT2D eigenvalue weighted by molar-refractivity contribution is -0.150. The highest BCUT2D eigenvalue weighted by Crippen LogP contribution is 2.15. The number of carbonyl (C=O) groups is 1. The second kappa shape index (κ2) is 1.99. The van der Waals surface area contributed by atoms with Gasteiger partial charge in [-0.05, 0) is 13.8 Å².